The summed E-state index contributed by atoms with van der Waals surface area (Å²) in [6.45, 7) is 0.847. The number of Topliss-reactive ketones (excluding diaryl/α,β-unsaturated/α-hetero) is 1. The summed E-state index contributed by atoms with van der Waals surface area (Å²) in [5.41, 5.74) is 1.11. The van der Waals surface area contributed by atoms with Crippen molar-refractivity contribution in [3.8, 4) is 5.75 Å². The number of hydrogen-bond acceptors (Lipinski definition) is 3. The lowest BCUT2D eigenvalue weighted by molar-refractivity contribution is -0.127. The minimum absolute atomic E-state index is 0.0101. The van der Waals surface area contributed by atoms with Gasteiger partial charge in [-0.1, -0.05) is 6.07 Å². The second-order valence-electron chi connectivity index (χ2n) is 4.25. The predicted molar refractivity (Wildman–Crippen MR) is 70.6 cm³/mol. The Balaban J connectivity index is 1.96. The third kappa shape index (κ3) is 2.90. The number of ether oxygens (including phenoxy) is 1. The number of carbonyl (C=O) groups is 2. The highest BCUT2D eigenvalue weighted by atomic mass is 79.9. The summed E-state index contributed by atoms with van der Waals surface area (Å²) in [5, 5.41) is 0. The molecule has 0 aliphatic carbocycles. The highest BCUT2D eigenvalue weighted by Crippen LogP contribution is 2.25. The maximum Gasteiger partial charge on any atom is 0.230 e. The van der Waals surface area contributed by atoms with Gasteiger partial charge < -0.3 is 9.64 Å². The van der Waals surface area contributed by atoms with Gasteiger partial charge in [-0.3, -0.25) is 9.59 Å². The largest absolute Gasteiger partial charge is 0.496 e. The van der Waals surface area contributed by atoms with Crippen LogP contribution in [0.25, 0.3) is 0 Å². The van der Waals surface area contributed by atoms with Gasteiger partial charge >= 0.3 is 0 Å². The Kier molecular flexibility index (Phi) is 4.01. The van der Waals surface area contributed by atoms with E-state index in [0.717, 1.165) is 22.2 Å². The summed E-state index contributed by atoms with van der Waals surface area (Å²) in [6, 6.07) is 5.82. The van der Waals surface area contributed by atoms with Crippen LogP contribution in [0.15, 0.2) is 22.7 Å². The fourth-order valence-corrected chi connectivity index (χ4v) is 2.56. The van der Waals surface area contributed by atoms with Crippen molar-refractivity contribution in [2.24, 2.45) is 0 Å². The van der Waals surface area contributed by atoms with E-state index < -0.39 is 0 Å². The zero-order chi connectivity index (χ0) is 13.1. The average Bonchev–Trinajstić information content (AvgIpc) is 2.65. The topological polar surface area (TPSA) is 46.6 Å². The van der Waals surface area contributed by atoms with Crippen molar-refractivity contribution in [3.63, 3.8) is 0 Å². The molecule has 1 aromatic rings. The van der Waals surface area contributed by atoms with Gasteiger partial charge in [0.15, 0.2) is 5.78 Å². The van der Waals surface area contributed by atoms with Gasteiger partial charge in [-0.25, -0.2) is 0 Å². The van der Waals surface area contributed by atoms with E-state index in [1.165, 1.54) is 0 Å². The first kappa shape index (κ1) is 13.1. The first-order valence-corrected chi connectivity index (χ1v) is 6.51. The van der Waals surface area contributed by atoms with Crippen LogP contribution >= 0.6 is 15.9 Å². The molecule has 18 heavy (non-hydrogen) atoms. The van der Waals surface area contributed by atoms with E-state index >= 15 is 0 Å². The molecule has 1 aliphatic rings. The predicted octanol–water partition coefficient (Wildman–Crippen LogP) is 1.80. The molecule has 0 unspecified atom stereocenters. The van der Waals surface area contributed by atoms with Crippen LogP contribution in [-0.4, -0.2) is 36.8 Å². The molecule has 0 saturated carbocycles. The second kappa shape index (κ2) is 5.52. The number of nitrogens with zero attached hydrogens (tertiary/aromatic N) is 1. The Bertz CT molecular complexity index is 487. The monoisotopic (exact) mass is 311 g/mol. The van der Waals surface area contributed by atoms with E-state index in [2.05, 4.69) is 15.9 Å². The third-order valence-electron chi connectivity index (χ3n) is 2.95. The molecule has 5 heteroatoms. The van der Waals surface area contributed by atoms with E-state index in [4.69, 9.17) is 4.74 Å². The summed E-state index contributed by atoms with van der Waals surface area (Å²) in [4.78, 5) is 24.2. The number of rotatable bonds is 4. The molecule has 1 amide bonds. The molecular weight excluding hydrogens is 298 g/mol. The summed E-state index contributed by atoms with van der Waals surface area (Å²) in [7, 11) is 1.62. The lowest BCUT2D eigenvalue weighted by Crippen LogP contribution is -2.27. The van der Waals surface area contributed by atoms with Gasteiger partial charge in [0.05, 0.1) is 24.5 Å². The fraction of sp³-hybridized carbons (Fsp3) is 0.385. The van der Waals surface area contributed by atoms with E-state index in [9.17, 15) is 9.59 Å². The highest BCUT2D eigenvalue weighted by Gasteiger charge is 2.26. The minimum Gasteiger partial charge on any atom is -0.496 e. The van der Waals surface area contributed by atoms with Crippen molar-refractivity contribution < 1.29 is 14.3 Å². The van der Waals surface area contributed by atoms with E-state index in [-0.39, 0.29) is 24.7 Å². The van der Waals surface area contributed by atoms with Crippen LogP contribution in [0, 0.1) is 0 Å². The molecule has 1 aromatic carbocycles. The maximum absolute atomic E-state index is 11.4. The molecule has 0 N–H and O–H groups in total. The van der Waals surface area contributed by atoms with Crippen molar-refractivity contribution in [2.75, 3.05) is 20.2 Å². The summed E-state index contributed by atoms with van der Waals surface area (Å²) >= 11 is 3.42. The molecule has 0 radical (unpaired) electrons. The number of amides is 1. The first-order valence-electron chi connectivity index (χ1n) is 5.72. The highest BCUT2D eigenvalue weighted by molar-refractivity contribution is 9.10. The lowest BCUT2D eigenvalue weighted by atomic mass is 10.1. The number of likely N-dealkylation sites (tertiary alicyclic amines) is 1. The van der Waals surface area contributed by atoms with Gasteiger partial charge in [0.2, 0.25) is 5.91 Å². The first-order chi connectivity index (χ1) is 8.60. The normalized spacial score (nSPS) is 15.3. The Morgan fingerprint density at radius 2 is 2.17 bits per heavy atom. The summed E-state index contributed by atoms with van der Waals surface area (Å²) in [5.74, 6) is 0.731. The van der Waals surface area contributed by atoms with Crippen molar-refractivity contribution in [1.82, 2.24) is 4.90 Å². The summed E-state index contributed by atoms with van der Waals surface area (Å²) in [6.07, 6.45) is 0.800. The summed E-state index contributed by atoms with van der Waals surface area (Å²) < 4.78 is 6.05. The SMILES string of the molecule is COc1ccc(CCN2CC(=O)CC2=O)cc1Br. The molecule has 1 aliphatic heterocycles. The molecular formula is C13H14BrNO3. The Morgan fingerprint density at radius 3 is 2.72 bits per heavy atom. The number of methoxy groups -OCH3 is 1. The van der Waals surface area contributed by atoms with Gasteiger partial charge in [0.25, 0.3) is 0 Å². The van der Waals surface area contributed by atoms with Gasteiger partial charge in [-0.15, -0.1) is 0 Å². The molecule has 2 rings (SSSR count). The number of carbonyl (C=O) groups excluding carboxylic acids is 2. The van der Waals surface area contributed by atoms with E-state index in [1.54, 1.807) is 12.0 Å². The molecule has 96 valence electrons. The maximum atomic E-state index is 11.4. The van der Waals surface area contributed by atoms with Gasteiger partial charge in [0, 0.05) is 6.54 Å². The van der Waals surface area contributed by atoms with Crippen molar-refractivity contribution in [3.05, 3.63) is 28.2 Å². The second-order valence-corrected chi connectivity index (χ2v) is 5.10. The quantitative estimate of drug-likeness (QED) is 0.797. The lowest BCUT2D eigenvalue weighted by Gasteiger charge is -2.14. The third-order valence-corrected chi connectivity index (χ3v) is 3.57. The number of ketones is 1. The van der Waals surface area contributed by atoms with Crippen LogP contribution < -0.4 is 4.74 Å². The Labute approximate surface area is 114 Å². The van der Waals surface area contributed by atoms with Crippen molar-refractivity contribution in [1.29, 1.82) is 0 Å². The van der Waals surface area contributed by atoms with Crippen LogP contribution in [0.3, 0.4) is 0 Å². The van der Waals surface area contributed by atoms with Crippen LogP contribution in [0.1, 0.15) is 12.0 Å². The van der Waals surface area contributed by atoms with E-state index in [0.29, 0.717) is 6.54 Å². The fourth-order valence-electron chi connectivity index (χ4n) is 1.97. The Morgan fingerprint density at radius 1 is 1.39 bits per heavy atom. The molecule has 0 aromatic heterocycles. The zero-order valence-electron chi connectivity index (χ0n) is 10.1. The van der Waals surface area contributed by atoms with Gasteiger partial charge in [-0.2, -0.15) is 0 Å². The smallest absolute Gasteiger partial charge is 0.230 e. The Hall–Kier alpha value is -1.36. The number of hydrogen-bond donors (Lipinski definition) is 0. The zero-order valence-corrected chi connectivity index (χ0v) is 11.7. The van der Waals surface area contributed by atoms with Crippen molar-refractivity contribution >= 4 is 27.6 Å². The van der Waals surface area contributed by atoms with E-state index in [1.807, 2.05) is 18.2 Å². The number of benzene rings is 1. The molecule has 0 atom stereocenters. The van der Waals surface area contributed by atoms with Crippen molar-refractivity contribution in [2.45, 2.75) is 12.8 Å². The molecule has 1 fully saturated rings. The molecule has 4 nitrogen and oxygen atoms in total. The number of halogens is 1. The van der Waals surface area contributed by atoms with Crippen LogP contribution in [0.4, 0.5) is 0 Å². The molecule has 0 spiro atoms. The molecule has 1 heterocycles. The average molecular weight is 312 g/mol. The minimum atomic E-state index is -0.0624. The van der Waals surface area contributed by atoms with Gasteiger partial charge in [0.1, 0.15) is 5.75 Å². The van der Waals surface area contributed by atoms with Crippen LogP contribution in [-0.2, 0) is 16.0 Å². The van der Waals surface area contributed by atoms with Gasteiger partial charge in [-0.05, 0) is 40.0 Å². The molecule has 0 bridgehead atoms. The van der Waals surface area contributed by atoms with Crippen LogP contribution in [0.2, 0.25) is 0 Å². The molecule has 1 saturated heterocycles. The standard InChI is InChI=1S/C13H14BrNO3/c1-18-12-3-2-9(6-11(12)14)4-5-15-8-10(16)7-13(15)17/h2-3,6H,4-5,7-8H2,1H3. The van der Waals surface area contributed by atoms with Crippen LogP contribution in [0.5, 0.6) is 5.75 Å².